The van der Waals surface area contributed by atoms with Gasteiger partial charge in [0.15, 0.2) is 5.65 Å². The molecule has 45 heavy (non-hydrogen) atoms. The maximum atomic E-state index is 13.3. The van der Waals surface area contributed by atoms with E-state index in [1.165, 1.54) is 30.6 Å². The van der Waals surface area contributed by atoms with Crippen LogP contribution in [0.4, 0.5) is 30.5 Å². The van der Waals surface area contributed by atoms with Crippen LogP contribution >= 0.6 is 0 Å². The van der Waals surface area contributed by atoms with Gasteiger partial charge in [0.2, 0.25) is 11.4 Å². The molecule has 2 aromatic carbocycles. The number of alkyl halides is 3. The Bertz CT molecular complexity index is 1960. The molecule has 16 heteroatoms. The number of sulfonamides is 1. The molecule has 1 aliphatic carbocycles. The zero-order chi connectivity index (χ0) is 31.9. The Labute approximate surface area is 255 Å². The zero-order valence-corrected chi connectivity index (χ0v) is 24.8. The molecule has 0 saturated carbocycles. The number of hydrogen-bond donors (Lipinski definition) is 2. The third-order valence-electron chi connectivity index (χ3n) is 7.88. The fraction of sp³-hybridized carbons (Fsp3) is 0.310. The number of nitrogens with zero attached hydrogens (tertiary/aromatic N) is 5. The minimum absolute atomic E-state index is 0.0667. The average molecular weight is 644 g/mol. The van der Waals surface area contributed by atoms with E-state index in [0.717, 1.165) is 19.3 Å². The molecule has 0 atom stereocenters. The van der Waals surface area contributed by atoms with Crippen molar-refractivity contribution in [1.29, 1.82) is 0 Å². The summed E-state index contributed by atoms with van der Waals surface area (Å²) in [5.41, 5.74) is 0.754. The minimum Gasteiger partial charge on any atom is -0.369 e. The predicted molar refractivity (Wildman–Crippen MR) is 160 cm³/mol. The fourth-order valence-corrected chi connectivity index (χ4v) is 6.56. The molecule has 2 N–H and O–H groups in total. The normalized spacial score (nSPS) is 15.7. The predicted octanol–water partition coefficient (Wildman–Crippen LogP) is 3.28. The minimum atomic E-state index is -5.39. The van der Waals surface area contributed by atoms with Crippen LogP contribution in [-0.2, 0) is 27.7 Å². The summed E-state index contributed by atoms with van der Waals surface area (Å²) in [6.07, 6.45) is 5.71. The van der Waals surface area contributed by atoms with Crippen LogP contribution in [0.15, 0.2) is 59.7 Å². The van der Waals surface area contributed by atoms with Crippen molar-refractivity contribution in [2.24, 2.45) is 0 Å². The highest BCUT2D eigenvalue weighted by Gasteiger charge is 2.50. The molecule has 1 saturated heterocycles. The number of nitrogens with one attached hydrogen (secondary N) is 2. The standard InChI is InChI=1S/C29H28F3N7O5S/c1-44-36-27(41)24-17-39(22-9-8-18-4-2-5-19(18)14-22)26-23(25(24)40)16-33-28(35-26)34-20-6-3-7-21(15-20)37-10-12-38(13-11-37)45(42,43)29(30,31)32/h3,6-9,14-17H,2,4-5,10-13H2,1H3,(H,36,41)(H,33,34,35). The monoisotopic (exact) mass is 643 g/mol. The number of hydrogen-bond acceptors (Lipinski definition) is 9. The van der Waals surface area contributed by atoms with E-state index in [0.29, 0.717) is 21.4 Å². The molecule has 4 aromatic rings. The highest BCUT2D eigenvalue weighted by Crippen LogP contribution is 2.30. The molecular formula is C29H28F3N7O5S. The molecule has 0 radical (unpaired) electrons. The number of rotatable bonds is 7. The first-order chi connectivity index (χ1) is 21.5. The summed E-state index contributed by atoms with van der Waals surface area (Å²) in [5, 5.41) is 3.22. The summed E-state index contributed by atoms with van der Waals surface area (Å²) in [6.45, 7) is -0.482. The Morgan fingerprint density at radius 1 is 1.00 bits per heavy atom. The van der Waals surface area contributed by atoms with E-state index >= 15 is 0 Å². The number of halogens is 3. The largest absolute Gasteiger partial charge is 0.511 e. The number of hydroxylamine groups is 1. The second kappa shape index (κ2) is 11.8. The van der Waals surface area contributed by atoms with Crippen molar-refractivity contribution in [2.45, 2.75) is 24.8 Å². The summed E-state index contributed by atoms with van der Waals surface area (Å²) in [4.78, 5) is 41.4. The maximum absolute atomic E-state index is 13.3. The highest BCUT2D eigenvalue weighted by atomic mass is 32.2. The van der Waals surface area contributed by atoms with Crippen molar-refractivity contribution in [3.8, 4) is 5.69 Å². The Kier molecular flexibility index (Phi) is 7.96. The number of fused-ring (bicyclic) bond motifs is 2. The van der Waals surface area contributed by atoms with Crippen molar-refractivity contribution in [2.75, 3.05) is 43.5 Å². The Hall–Kier alpha value is -4.54. The Morgan fingerprint density at radius 3 is 2.49 bits per heavy atom. The lowest BCUT2D eigenvalue weighted by Crippen LogP contribution is -2.52. The average Bonchev–Trinajstić information content (AvgIpc) is 3.49. The lowest BCUT2D eigenvalue weighted by Gasteiger charge is -2.35. The molecule has 1 fully saturated rings. The molecule has 0 bridgehead atoms. The quantitative estimate of drug-likeness (QED) is 0.291. The smallest absolute Gasteiger partial charge is 0.369 e. The number of aromatic nitrogens is 3. The SMILES string of the molecule is CONC(=O)c1cn(-c2ccc3c(c2)CCC3)c2nc(Nc3cccc(N4CCN(S(=O)(=O)C(F)(F)F)CC4)c3)ncc2c1=O. The maximum Gasteiger partial charge on any atom is 0.511 e. The van der Waals surface area contributed by atoms with Crippen LogP contribution in [0.3, 0.4) is 0 Å². The number of piperazine rings is 1. The lowest BCUT2D eigenvalue weighted by molar-refractivity contribution is -0.0490. The van der Waals surface area contributed by atoms with Crippen LogP contribution in [-0.4, -0.2) is 72.0 Å². The lowest BCUT2D eigenvalue weighted by atomic mass is 10.1. The van der Waals surface area contributed by atoms with Gasteiger partial charge in [-0.2, -0.15) is 22.5 Å². The third kappa shape index (κ3) is 5.83. The van der Waals surface area contributed by atoms with Crippen molar-refractivity contribution >= 4 is 44.3 Å². The summed E-state index contributed by atoms with van der Waals surface area (Å²) in [5.74, 6) is -0.556. The number of pyridine rings is 1. The first kappa shape index (κ1) is 30.5. The number of aryl methyl sites for hydroxylation is 2. The van der Waals surface area contributed by atoms with Gasteiger partial charge in [-0.3, -0.25) is 14.4 Å². The van der Waals surface area contributed by atoms with Gasteiger partial charge in [0.25, 0.3) is 5.91 Å². The molecule has 0 unspecified atom stereocenters. The van der Waals surface area contributed by atoms with E-state index in [1.54, 1.807) is 33.7 Å². The first-order valence-electron chi connectivity index (χ1n) is 14.0. The number of carbonyl (C=O) groups is 1. The Morgan fingerprint density at radius 2 is 1.76 bits per heavy atom. The van der Waals surface area contributed by atoms with Gasteiger partial charge < -0.3 is 14.8 Å². The Balaban J connectivity index is 1.31. The second-order valence-corrected chi connectivity index (χ2v) is 12.6. The zero-order valence-electron chi connectivity index (χ0n) is 24.0. The van der Waals surface area contributed by atoms with Crippen molar-refractivity contribution in [3.63, 3.8) is 0 Å². The van der Waals surface area contributed by atoms with Gasteiger partial charge in [-0.25, -0.2) is 18.9 Å². The molecule has 0 spiro atoms. The van der Waals surface area contributed by atoms with Gasteiger partial charge in [-0.15, -0.1) is 0 Å². The number of anilines is 3. The van der Waals surface area contributed by atoms with Crippen molar-refractivity contribution < 1.29 is 31.2 Å². The third-order valence-corrected chi connectivity index (χ3v) is 9.51. The van der Waals surface area contributed by atoms with Crippen molar-refractivity contribution in [1.82, 2.24) is 24.3 Å². The van der Waals surface area contributed by atoms with Gasteiger partial charge >= 0.3 is 15.5 Å². The van der Waals surface area contributed by atoms with Crippen LogP contribution in [0.2, 0.25) is 0 Å². The molecule has 3 heterocycles. The number of benzene rings is 2. The molecule has 236 valence electrons. The molecule has 1 aliphatic heterocycles. The summed E-state index contributed by atoms with van der Waals surface area (Å²) >= 11 is 0. The van der Waals surface area contributed by atoms with Crippen LogP contribution in [0, 0.1) is 0 Å². The molecule has 2 aliphatic rings. The van der Waals surface area contributed by atoms with Gasteiger partial charge in [0.05, 0.1) is 12.5 Å². The highest BCUT2D eigenvalue weighted by molar-refractivity contribution is 7.90. The number of carbonyl (C=O) groups excluding carboxylic acids is 1. The van der Waals surface area contributed by atoms with E-state index in [4.69, 9.17) is 4.84 Å². The van der Waals surface area contributed by atoms with E-state index in [9.17, 15) is 31.2 Å². The van der Waals surface area contributed by atoms with Gasteiger partial charge in [0.1, 0.15) is 5.56 Å². The van der Waals surface area contributed by atoms with Gasteiger partial charge in [0, 0.05) is 55.6 Å². The second-order valence-electron chi connectivity index (χ2n) is 10.6. The van der Waals surface area contributed by atoms with Crippen LogP contribution in [0.5, 0.6) is 0 Å². The summed E-state index contributed by atoms with van der Waals surface area (Å²) < 4.78 is 64.6. The van der Waals surface area contributed by atoms with Gasteiger partial charge in [-0.1, -0.05) is 12.1 Å². The molecule has 12 nitrogen and oxygen atoms in total. The van der Waals surface area contributed by atoms with Gasteiger partial charge in [-0.05, 0) is 60.7 Å². The topological polar surface area (TPSA) is 139 Å². The summed E-state index contributed by atoms with van der Waals surface area (Å²) in [6, 6.07) is 12.9. The van der Waals surface area contributed by atoms with E-state index in [2.05, 4.69) is 20.8 Å². The number of amides is 1. The van der Waals surface area contributed by atoms with Crippen LogP contribution < -0.4 is 21.1 Å². The molecular weight excluding hydrogens is 615 g/mol. The fourth-order valence-electron chi connectivity index (χ4n) is 5.63. The molecule has 2 aromatic heterocycles. The van der Waals surface area contributed by atoms with Crippen LogP contribution in [0.1, 0.15) is 27.9 Å². The first-order valence-corrected chi connectivity index (χ1v) is 15.5. The molecule has 6 rings (SSSR count). The van der Waals surface area contributed by atoms with Crippen molar-refractivity contribution in [3.05, 3.63) is 81.8 Å². The van der Waals surface area contributed by atoms with E-state index in [-0.39, 0.29) is 48.7 Å². The van der Waals surface area contributed by atoms with E-state index < -0.39 is 26.9 Å². The van der Waals surface area contributed by atoms with E-state index in [1.807, 2.05) is 18.2 Å². The summed E-state index contributed by atoms with van der Waals surface area (Å²) in [7, 11) is -4.12. The van der Waals surface area contributed by atoms with Crippen LogP contribution in [0.25, 0.3) is 16.7 Å². The molecule has 1 amide bonds.